The fraction of sp³-hybridized carbons (Fsp3) is 0.917. The molecule has 0 spiro atoms. The molecule has 100 valence electrons. The first-order valence-electron chi connectivity index (χ1n) is 6.59. The minimum Gasteiger partial charge on any atom is -0.393 e. The van der Waals surface area contributed by atoms with Crippen LogP contribution in [-0.2, 0) is 4.79 Å². The number of carbonyl (C=O) groups excluding carboxylic acids is 1. The number of amides is 1. The van der Waals surface area contributed by atoms with Crippen molar-refractivity contribution >= 4 is 5.91 Å². The molecule has 1 aliphatic heterocycles. The second kappa shape index (κ2) is 8.44. The molecule has 0 bridgehead atoms. The van der Waals surface area contributed by atoms with E-state index in [4.69, 9.17) is 5.73 Å². The number of rotatable bonds is 7. The van der Waals surface area contributed by atoms with Crippen molar-refractivity contribution in [2.24, 2.45) is 5.73 Å². The highest BCUT2D eigenvalue weighted by Gasteiger charge is 2.15. The van der Waals surface area contributed by atoms with Gasteiger partial charge in [0.1, 0.15) is 0 Å². The summed E-state index contributed by atoms with van der Waals surface area (Å²) in [5, 5.41) is 12.1. The van der Waals surface area contributed by atoms with Crippen molar-refractivity contribution < 1.29 is 9.90 Å². The van der Waals surface area contributed by atoms with E-state index in [1.165, 1.54) is 0 Å². The van der Waals surface area contributed by atoms with E-state index in [1.807, 2.05) is 0 Å². The number of carbonyl (C=O) groups is 1. The lowest BCUT2D eigenvalue weighted by molar-refractivity contribution is -0.119. The third-order valence-electron chi connectivity index (χ3n) is 3.22. The van der Waals surface area contributed by atoms with E-state index >= 15 is 0 Å². The second-order valence-electron chi connectivity index (χ2n) is 4.69. The minimum atomic E-state index is -0.0854. The van der Waals surface area contributed by atoms with Gasteiger partial charge in [0.2, 0.25) is 5.91 Å². The summed E-state index contributed by atoms with van der Waals surface area (Å²) in [4.78, 5) is 13.3. The number of nitrogens with one attached hydrogen (secondary N) is 1. The Morgan fingerprint density at radius 1 is 1.29 bits per heavy atom. The summed E-state index contributed by atoms with van der Waals surface area (Å²) in [5.74, 6) is -0.0741. The zero-order valence-corrected chi connectivity index (χ0v) is 10.5. The van der Waals surface area contributed by atoms with Crippen molar-refractivity contribution in [1.82, 2.24) is 10.2 Å². The van der Waals surface area contributed by atoms with Crippen LogP contribution in [0, 0.1) is 0 Å². The van der Waals surface area contributed by atoms with Crippen LogP contribution in [0.2, 0.25) is 0 Å². The highest BCUT2D eigenvalue weighted by molar-refractivity contribution is 5.77. The Bertz CT molecular complexity index is 216. The van der Waals surface area contributed by atoms with Crippen LogP contribution in [0.25, 0.3) is 0 Å². The van der Waals surface area contributed by atoms with E-state index in [2.05, 4.69) is 10.2 Å². The smallest absolute Gasteiger partial charge is 0.233 e. The largest absolute Gasteiger partial charge is 0.393 e. The van der Waals surface area contributed by atoms with Gasteiger partial charge in [-0.3, -0.25) is 4.79 Å². The molecule has 1 amide bonds. The summed E-state index contributed by atoms with van der Waals surface area (Å²) >= 11 is 0. The number of nitrogens with zero attached hydrogens (tertiary/aromatic N) is 1. The first-order chi connectivity index (χ1) is 8.22. The Morgan fingerprint density at radius 3 is 2.65 bits per heavy atom. The van der Waals surface area contributed by atoms with Crippen LogP contribution in [0.1, 0.15) is 32.1 Å². The number of hydrogen-bond donors (Lipinski definition) is 3. The Labute approximate surface area is 103 Å². The molecule has 0 unspecified atom stereocenters. The number of aliphatic hydroxyl groups is 1. The van der Waals surface area contributed by atoms with Gasteiger partial charge < -0.3 is 21.1 Å². The van der Waals surface area contributed by atoms with E-state index in [0.717, 1.165) is 58.3 Å². The molecule has 5 nitrogen and oxygen atoms in total. The van der Waals surface area contributed by atoms with Crippen LogP contribution in [0.5, 0.6) is 0 Å². The highest BCUT2D eigenvalue weighted by atomic mass is 16.3. The van der Waals surface area contributed by atoms with Gasteiger partial charge in [0.05, 0.1) is 12.6 Å². The monoisotopic (exact) mass is 243 g/mol. The van der Waals surface area contributed by atoms with Gasteiger partial charge in [-0.1, -0.05) is 6.42 Å². The van der Waals surface area contributed by atoms with Crippen LogP contribution >= 0.6 is 0 Å². The Morgan fingerprint density at radius 2 is 2.00 bits per heavy atom. The van der Waals surface area contributed by atoms with Gasteiger partial charge in [-0.25, -0.2) is 0 Å². The van der Waals surface area contributed by atoms with Crippen molar-refractivity contribution in [3.63, 3.8) is 0 Å². The average molecular weight is 243 g/mol. The van der Waals surface area contributed by atoms with Gasteiger partial charge in [0, 0.05) is 19.6 Å². The first kappa shape index (κ1) is 14.4. The second-order valence-corrected chi connectivity index (χ2v) is 4.69. The van der Waals surface area contributed by atoms with Gasteiger partial charge in [-0.2, -0.15) is 0 Å². The number of hydrogen-bond acceptors (Lipinski definition) is 4. The molecule has 1 rings (SSSR count). The molecule has 0 radical (unpaired) electrons. The third-order valence-corrected chi connectivity index (χ3v) is 3.22. The third kappa shape index (κ3) is 6.61. The number of piperidine rings is 1. The van der Waals surface area contributed by atoms with Crippen LogP contribution in [0.3, 0.4) is 0 Å². The molecule has 1 aliphatic rings. The van der Waals surface area contributed by atoms with Gasteiger partial charge in [0.25, 0.3) is 0 Å². The molecule has 1 saturated heterocycles. The van der Waals surface area contributed by atoms with Crippen molar-refractivity contribution in [3.8, 4) is 0 Å². The predicted molar refractivity (Wildman–Crippen MR) is 67.6 cm³/mol. The number of aliphatic hydroxyl groups excluding tert-OH is 1. The number of unbranched alkanes of at least 4 members (excludes halogenated alkanes) is 2. The molecule has 17 heavy (non-hydrogen) atoms. The van der Waals surface area contributed by atoms with E-state index in [0.29, 0.717) is 0 Å². The van der Waals surface area contributed by atoms with Crippen LogP contribution in [0.15, 0.2) is 0 Å². The molecule has 0 aromatic heterocycles. The zero-order chi connectivity index (χ0) is 12.5. The summed E-state index contributed by atoms with van der Waals surface area (Å²) < 4.78 is 0. The fourth-order valence-corrected chi connectivity index (χ4v) is 2.08. The van der Waals surface area contributed by atoms with Gasteiger partial charge in [-0.15, -0.1) is 0 Å². The molecule has 1 fully saturated rings. The lowest BCUT2D eigenvalue weighted by Crippen LogP contribution is -2.36. The average Bonchev–Trinajstić information content (AvgIpc) is 2.35. The van der Waals surface area contributed by atoms with Crippen molar-refractivity contribution in [3.05, 3.63) is 0 Å². The standard InChI is InChI=1S/C12H25N3O2/c13-10-12(17)14-6-2-1-3-7-15-8-4-11(16)5-9-15/h11,16H,1-10,13H2,(H,14,17). The topological polar surface area (TPSA) is 78.6 Å². The molecule has 0 aromatic rings. The summed E-state index contributed by atoms with van der Waals surface area (Å²) in [7, 11) is 0. The molecule has 1 heterocycles. The van der Waals surface area contributed by atoms with E-state index < -0.39 is 0 Å². The van der Waals surface area contributed by atoms with E-state index in [9.17, 15) is 9.90 Å². The summed E-state index contributed by atoms with van der Waals surface area (Å²) in [6, 6.07) is 0. The molecule has 0 aliphatic carbocycles. The maximum absolute atomic E-state index is 10.9. The molecule has 0 aromatic carbocycles. The first-order valence-corrected chi connectivity index (χ1v) is 6.59. The molecule has 0 saturated carbocycles. The summed E-state index contributed by atoms with van der Waals surface area (Å²) in [6.45, 7) is 3.96. The normalized spacial score (nSPS) is 18.2. The molecular weight excluding hydrogens is 218 g/mol. The van der Waals surface area contributed by atoms with Crippen LogP contribution in [0.4, 0.5) is 0 Å². The molecule has 0 atom stereocenters. The maximum Gasteiger partial charge on any atom is 0.233 e. The van der Waals surface area contributed by atoms with Gasteiger partial charge in [-0.05, 0) is 32.2 Å². The predicted octanol–water partition coefficient (Wildman–Crippen LogP) is -0.312. The Balaban J connectivity index is 1.89. The number of nitrogens with two attached hydrogens (primary N) is 1. The fourth-order valence-electron chi connectivity index (χ4n) is 2.08. The van der Waals surface area contributed by atoms with E-state index in [-0.39, 0.29) is 18.6 Å². The SMILES string of the molecule is NCC(=O)NCCCCCN1CCC(O)CC1. The molecular formula is C12H25N3O2. The van der Waals surface area contributed by atoms with Crippen molar-refractivity contribution in [2.75, 3.05) is 32.7 Å². The summed E-state index contributed by atoms with van der Waals surface area (Å²) in [5.41, 5.74) is 5.18. The lowest BCUT2D eigenvalue weighted by atomic mass is 10.1. The molecule has 4 N–H and O–H groups in total. The quantitative estimate of drug-likeness (QED) is 0.536. The van der Waals surface area contributed by atoms with Crippen LogP contribution < -0.4 is 11.1 Å². The zero-order valence-electron chi connectivity index (χ0n) is 10.5. The molecule has 5 heteroatoms. The lowest BCUT2D eigenvalue weighted by Gasteiger charge is -2.29. The highest BCUT2D eigenvalue weighted by Crippen LogP contribution is 2.10. The van der Waals surface area contributed by atoms with E-state index in [1.54, 1.807) is 0 Å². The van der Waals surface area contributed by atoms with Gasteiger partial charge in [0.15, 0.2) is 0 Å². The van der Waals surface area contributed by atoms with Crippen molar-refractivity contribution in [1.29, 1.82) is 0 Å². The van der Waals surface area contributed by atoms with Crippen LogP contribution in [-0.4, -0.2) is 54.7 Å². The van der Waals surface area contributed by atoms with Crippen molar-refractivity contribution in [2.45, 2.75) is 38.2 Å². The maximum atomic E-state index is 10.9. The number of likely N-dealkylation sites (tertiary alicyclic amines) is 1. The summed E-state index contributed by atoms with van der Waals surface area (Å²) in [6.07, 6.45) is 5.04. The minimum absolute atomic E-state index is 0.0741. The van der Waals surface area contributed by atoms with Gasteiger partial charge >= 0.3 is 0 Å². The Hall–Kier alpha value is -0.650. The Kier molecular flexibility index (Phi) is 7.16.